The number of carbonyl (C=O) groups excluding carboxylic acids is 1. The lowest BCUT2D eigenvalue weighted by atomic mass is 10.0. The van der Waals surface area contributed by atoms with Crippen LogP contribution < -0.4 is 0 Å². The Balaban J connectivity index is 1.93. The summed E-state index contributed by atoms with van der Waals surface area (Å²) in [7, 11) is 0. The second-order valence-corrected chi connectivity index (χ2v) is 5.45. The molecule has 1 nitrogen and oxygen atoms in total. The van der Waals surface area contributed by atoms with Crippen molar-refractivity contribution in [2.75, 3.05) is 0 Å². The van der Waals surface area contributed by atoms with Gasteiger partial charge in [0.1, 0.15) is 11.6 Å². The smallest absolute Gasteiger partial charge is 0.145 e. The molecule has 94 valence electrons. The molecule has 0 aliphatic carbocycles. The predicted molar refractivity (Wildman–Crippen MR) is 72.8 cm³/mol. The maximum absolute atomic E-state index is 13.6. The first kappa shape index (κ1) is 13.2. The van der Waals surface area contributed by atoms with E-state index in [1.165, 1.54) is 10.9 Å². The highest BCUT2D eigenvalue weighted by atomic mass is 35.5. The maximum Gasteiger partial charge on any atom is 0.145 e. The van der Waals surface area contributed by atoms with Crippen LogP contribution in [0.4, 0.5) is 4.39 Å². The molecule has 4 heteroatoms. The largest absolute Gasteiger partial charge is 0.299 e. The molecule has 0 spiro atoms. The van der Waals surface area contributed by atoms with Gasteiger partial charge in [-0.25, -0.2) is 4.39 Å². The van der Waals surface area contributed by atoms with Crippen molar-refractivity contribution in [3.63, 3.8) is 0 Å². The van der Waals surface area contributed by atoms with Gasteiger partial charge in [0.15, 0.2) is 0 Å². The lowest BCUT2D eigenvalue weighted by Crippen LogP contribution is -2.05. The normalized spacial score (nSPS) is 10.6. The highest BCUT2D eigenvalue weighted by Crippen LogP contribution is 2.19. The fourth-order valence-electron chi connectivity index (χ4n) is 1.70. The van der Waals surface area contributed by atoms with Crippen LogP contribution in [0.1, 0.15) is 16.9 Å². The van der Waals surface area contributed by atoms with Crippen molar-refractivity contribution in [3.05, 3.63) is 57.0 Å². The lowest BCUT2D eigenvalue weighted by Gasteiger charge is -2.03. The molecular weight excluding hydrogens is 271 g/mol. The molecule has 0 N–H and O–H groups in total. The van der Waals surface area contributed by atoms with Gasteiger partial charge in [-0.3, -0.25) is 4.79 Å². The van der Waals surface area contributed by atoms with Gasteiger partial charge >= 0.3 is 0 Å². The molecule has 0 aliphatic heterocycles. The number of hydrogen-bond donors (Lipinski definition) is 0. The van der Waals surface area contributed by atoms with E-state index in [0.29, 0.717) is 12.0 Å². The van der Waals surface area contributed by atoms with E-state index in [4.69, 9.17) is 11.6 Å². The number of carbonyl (C=O) groups is 1. The SMILES string of the molecule is O=C(CCc1cccs1)Cc1cccc(Cl)c1F. The quantitative estimate of drug-likeness (QED) is 0.800. The van der Waals surface area contributed by atoms with Gasteiger partial charge in [-0.05, 0) is 29.5 Å². The van der Waals surface area contributed by atoms with Gasteiger partial charge in [0.05, 0.1) is 5.02 Å². The summed E-state index contributed by atoms with van der Waals surface area (Å²) >= 11 is 7.30. The van der Waals surface area contributed by atoms with E-state index < -0.39 is 5.82 Å². The topological polar surface area (TPSA) is 17.1 Å². The highest BCUT2D eigenvalue weighted by Gasteiger charge is 2.10. The summed E-state index contributed by atoms with van der Waals surface area (Å²) in [6.45, 7) is 0. The summed E-state index contributed by atoms with van der Waals surface area (Å²) in [4.78, 5) is 12.9. The molecule has 0 saturated carbocycles. The Morgan fingerprint density at radius 1 is 1.28 bits per heavy atom. The third kappa shape index (κ3) is 3.40. The molecule has 2 rings (SSSR count). The molecule has 0 unspecified atom stereocenters. The van der Waals surface area contributed by atoms with Gasteiger partial charge in [-0.1, -0.05) is 29.8 Å². The first-order valence-corrected chi connectivity index (χ1v) is 6.89. The molecule has 0 atom stereocenters. The molecule has 18 heavy (non-hydrogen) atoms. The van der Waals surface area contributed by atoms with Crippen molar-refractivity contribution in [2.45, 2.75) is 19.3 Å². The zero-order chi connectivity index (χ0) is 13.0. The first-order chi connectivity index (χ1) is 8.66. The number of hydrogen-bond acceptors (Lipinski definition) is 2. The summed E-state index contributed by atoms with van der Waals surface area (Å²) in [5.74, 6) is -0.451. The highest BCUT2D eigenvalue weighted by molar-refractivity contribution is 7.09. The van der Waals surface area contributed by atoms with Crippen LogP contribution in [0.2, 0.25) is 5.02 Å². The molecule has 1 heterocycles. The lowest BCUT2D eigenvalue weighted by molar-refractivity contribution is -0.118. The van der Waals surface area contributed by atoms with Gasteiger partial charge in [0.2, 0.25) is 0 Å². The zero-order valence-electron chi connectivity index (χ0n) is 9.66. The van der Waals surface area contributed by atoms with Crippen LogP contribution in [0.5, 0.6) is 0 Å². The fourth-order valence-corrected chi connectivity index (χ4v) is 2.61. The van der Waals surface area contributed by atoms with Crippen LogP contribution in [-0.2, 0) is 17.6 Å². The monoisotopic (exact) mass is 282 g/mol. The summed E-state index contributed by atoms with van der Waals surface area (Å²) in [6.07, 6.45) is 1.27. The van der Waals surface area contributed by atoms with Crippen LogP contribution in [0.15, 0.2) is 35.7 Å². The van der Waals surface area contributed by atoms with Crippen molar-refractivity contribution >= 4 is 28.7 Å². The van der Waals surface area contributed by atoms with E-state index in [9.17, 15) is 9.18 Å². The van der Waals surface area contributed by atoms with Crippen LogP contribution in [0, 0.1) is 5.82 Å². The van der Waals surface area contributed by atoms with Gasteiger partial charge in [0, 0.05) is 17.7 Å². The van der Waals surface area contributed by atoms with E-state index >= 15 is 0 Å². The summed E-state index contributed by atoms with van der Waals surface area (Å²) in [5.41, 5.74) is 0.374. The van der Waals surface area contributed by atoms with E-state index in [1.807, 2.05) is 17.5 Å². The van der Waals surface area contributed by atoms with Crippen molar-refractivity contribution in [1.29, 1.82) is 0 Å². The minimum absolute atomic E-state index is 0.0320. The van der Waals surface area contributed by atoms with Crippen LogP contribution in [0.25, 0.3) is 0 Å². The van der Waals surface area contributed by atoms with E-state index in [-0.39, 0.29) is 17.2 Å². The Bertz CT molecular complexity index is 537. The third-order valence-corrected chi connectivity index (χ3v) is 3.88. The Morgan fingerprint density at radius 3 is 2.83 bits per heavy atom. The predicted octanol–water partition coefficient (Wildman–Crippen LogP) is 4.29. The first-order valence-electron chi connectivity index (χ1n) is 5.64. The minimum Gasteiger partial charge on any atom is -0.299 e. The molecule has 0 saturated heterocycles. The van der Waals surface area contributed by atoms with Gasteiger partial charge in [0.25, 0.3) is 0 Å². The Morgan fingerprint density at radius 2 is 2.11 bits per heavy atom. The average molecular weight is 283 g/mol. The second-order valence-electron chi connectivity index (χ2n) is 4.01. The average Bonchev–Trinajstić information content (AvgIpc) is 2.86. The Kier molecular flexibility index (Phi) is 4.50. The van der Waals surface area contributed by atoms with Crippen molar-refractivity contribution < 1.29 is 9.18 Å². The maximum atomic E-state index is 13.6. The van der Waals surface area contributed by atoms with Crippen LogP contribution in [-0.4, -0.2) is 5.78 Å². The Labute approximate surface area is 114 Å². The molecule has 1 aromatic heterocycles. The van der Waals surface area contributed by atoms with E-state index in [1.54, 1.807) is 23.5 Å². The van der Waals surface area contributed by atoms with Gasteiger partial charge in [-0.15, -0.1) is 11.3 Å². The molecule has 0 radical (unpaired) electrons. The van der Waals surface area contributed by atoms with Crippen LogP contribution in [0.3, 0.4) is 0 Å². The molecule has 2 aromatic rings. The summed E-state index contributed by atoms with van der Waals surface area (Å²) in [6, 6.07) is 8.70. The Hall–Kier alpha value is -1.19. The van der Waals surface area contributed by atoms with Gasteiger partial charge in [-0.2, -0.15) is 0 Å². The number of benzene rings is 1. The third-order valence-electron chi connectivity index (χ3n) is 2.65. The second kappa shape index (κ2) is 6.12. The molecule has 0 fully saturated rings. The molecular formula is C14H12ClFOS. The molecule has 0 bridgehead atoms. The van der Waals surface area contributed by atoms with Gasteiger partial charge < -0.3 is 0 Å². The van der Waals surface area contributed by atoms with Crippen molar-refractivity contribution in [3.8, 4) is 0 Å². The standard InChI is InChI=1S/C14H12ClFOS/c15-13-5-1-3-10(14(13)16)9-11(17)6-7-12-4-2-8-18-12/h1-5,8H,6-7,9H2. The molecule has 0 amide bonds. The number of thiophene rings is 1. The zero-order valence-corrected chi connectivity index (χ0v) is 11.2. The van der Waals surface area contributed by atoms with Crippen LogP contribution >= 0.6 is 22.9 Å². The number of rotatable bonds is 5. The number of Topliss-reactive ketones (excluding diaryl/α,β-unsaturated/α-hetero) is 1. The van der Waals surface area contributed by atoms with E-state index in [0.717, 1.165) is 6.42 Å². The molecule has 0 aliphatic rings. The van der Waals surface area contributed by atoms with Crippen molar-refractivity contribution in [1.82, 2.24) is 0 Å². The summed E-state index contributed by atoms with van der Waals surface area (Å²) in [5, 5.41) is 2.05. The summed E-state index contributed by atoms with van der Waals surface area (Å²) < 4.78 is 13.6. The van der Waals surface area contributed by atoms with Crippen molar-refractivity contribution in [2.24, 2.45) is 0 Å². The van der Waals surface area contributed by atoms with E-state index in [2.05, 4.69) is 0 Å². The number of aryl methyl sites for hydroxylation is 1. The number of ketones is 1. The fraction of sp³-hybridized carbons (Fsp3) is 0.214. The molecule has 1 aromatic carbocycles. The number of halogens is 2. The minimum atomic E-state index is -0.483.